The summed E-state index contributed by atoms with van der Waals surface area (Å²) in [6.07, 6.45) is 0. The van der Waals surface area contributed by atoms with E-state index >= 15 is 0 Å². The van der Waals surface area contributed by atoms with Crippen molar-refractivity contribution in [2.24, 2.45) is 0 Å². The van der Waals surface area contributed by atoms with Gasteiger partial charge in [0.15, 0.2) is 0 Å². The Labute approximate surface area is 407 Å². The van der Waals surface area contributed by atoms with Crippen molar-refractivity contribution in [1.82, 2.24) is 0 Å². The molecule has 14 rings (SSSR count). The molecular formula is C70H44. The Bertz CT molecular complexity index is 4420. The molecule has 0 saturated carbocycles. The van der Waals surface area contributed by atoms with E-state index in [9.17, 15) is 0 Å². The number of fused-ring (bicyclic) bond motifs is 9. The summed E-state index contributed by atoms with van der Waals surface area (Å²) in [5, 5.41) is 17.6. The maximum Gasteiger partial charge on any atom is -0.00201 e. The van der Waals surface area contributed by atoms with Gasteiger partial charge in [0, 0.05) is 0 Å². The molecule has 324 valence electrons. The molecule has 0 unspecified atom stereocenters. The molecule has 0 atom stereocenters. The quantitative estimate of drug-likeness (QED) is 0.115. The molecule has 0 saturated heterocycles. The first kappa shape index (κ1) is 40.0. The minimum Gasteiger partial charge on any atom is -0.0616 e. The molecule has 0 spiro atoms. The van der Waals surface area contributed by atoms with Crippen molar-refractivity contribution in [2.45, 2.75) is 0 Å². The summed E-state index contributed by atoms with van der Waals surface area (Å²) < 4.78 is 0. The summed E-state index contributed by atoms with van der Waals surface area (Å²) in [6, 6.07) is 99.2. The minimum absolute atomic E-state index is 1.19. The van der Waals surface area contributed by atoms with E-state index in [0.29, 0.717) is 0 Å². The van der Waals surface area contributed by atoms with E-state index in [1.807, 2.05) is 0 Å². The molecule has 0 fully saturated rings. The third-order valence-corrected chi connectivity index (χ3v) is 14.8. The predicted octanol–water partition coefficient (Wildman–Crippen LogP) is 19.8. The van der Waals surface area contributed by atoms with Crippen molar-refractivity contribution >= 4 is 75.4 Å². The fourth-order valence-corrected chi connectivity index (χ4v) is 11.5. The van der Waals surface area contributed by atoms with Crippen LogP contribution in [0.1, 0.15) is 0 Å². The van der Waals surface area contributed by atoms with Gasteiger partial charge >= 0.3 is 0 Å². The Hall–Kier alpha value is -9.10. The Morgan fingerprint density at radius 1 is 0.157 bits per heavy atom. The summed E-state index contributed by atoms with van der Waals surface area (Å²) in [4.78, 5) is 0. The van der Waals surface area contributed by atoms with Crippen LogP contribution in [0, 0.1) is 0 Å². The minimum atomic E-state index is 1.19. The lowest BCUT2D eigenvalue weighted by Gasteiger charge is -2.19. The van der Waals surface area contributed by atoms with E-state index in [0.717, 1.165) is 0 Å². The highest BCUT2D eigenvalue weighted by atomic mass is 14.2. The van der Waals surface area contributed by atoms with Gasteiger partial charge in [0.05, 0.1) is 0 Å². The largest absolute Gasteiger partial charge is 0.0616 e. The van der Waals surface area contributed by atoms with Gasteiger partial charge in [0.1, 0.15) is 0 Å². The Kier molecular flexibility index (Phi) is 9.32. The van der Waals surface area contributed by atoms with Crippen molar-refractivity contribution in [3.05, 3.63) is 267 Å². The second-order valence-electron chi connectivity index (χ2n) is 18.7. The monoisotopic (exact) mass is 884 g/mol. The van der Waals surface area contributed by atoms with Gasteiger partial charge in [-0.3, -0.25) is 0 Å². The molecular weight excluding hydrogens is 841 g/mol. The summed E-state index contributed by atoms with van der Waals surface area (Å²) in [7, 11) is 0. The first-order valence-corrected chi connectivity index (χ1v) is 24.3. The van der Waals surface area contributed by atoms with Crippen LogP contribution in [0.25, 0.3) is 142 Å². The van der Waals surface area contributed by atoms with Crippen molar-refractivity contribution in [2.75, 3.05) is 0 Å². The normalized spacial score (nSPS) is 11.7. The average Bonchev–Trinajstić information content (AvgIpc) is 3.43. The molecule has 14 aromatic rings. The molecule has 14 aromatic carbocycles. The molecule has 0 bridgehead atoms. The molecule has 0 nitrogen and oxygen atoms in total. The second-order valence-corrected chi connectivity index (χ2v) is 18.7. The number of hydrogen-bond donors (Lipinski definition) is 0. The highest BCUT2D eigenvalue weighted by Crippen LogP contribution is 2.46. The van der Waals surface area contributed by atoms with Crippen molar-refractivity contribution in [3.8, 4) is 66.8 Å². The van der Waals surface area contributed by atoms with Gasteiger partial charge in [-0.05, 0) is 185 Å². The van der Waals surface area contributed by atoms with Crippen molar-refractivity contribution in [1.29, 1.82) is 0 Å². The summed E-state index contributed by atoms with van der Waals surface area (Å²) in [6.45, 7) is 0. The van der Waals surface area contributed by atoms with Crippen LogP contribution in [0.3, 0.4) is 0 Å². The fraction of sp³-hybridized carbons (Fsp3) is 0. The molecule has 0 radical (unpaired) electrons. The maximum atomic E-state index is 2.44. The van der Waals surface area contributed by atoms with Crippen LogP contribution in [0.5, 0.6) is 0 Å². The van der Waals surface area contributed by atoms with Gasteiger partial charge in [0.25, 0.3) is 0 Å². The van der Waals surface area contributed by atoms with Gasteiger partial charge in [-0.1, -0.05) is 224 Å². The van der Waals surface area contributed by atoms with Crippen LogP contribution < -0.4 is 0 Å². The molecule has 0 heterocycles. The van der Waals surface area contributed by atoms with Crippen molar-refractivity contribution in [3.63, 3.8) is 0 Å². The van der Waals surface area contributed by atoms with Crippen molar-refractivity contribution < 1.29 is 0 Å². The topological polar surface area (TPSA) is 0 Å². The number of hydrogen-bond acceptors (Lipinski definition) is 0. The molecule has 0 N–H and O–H groups in total. The SMILES string of the molecule is c1cc(-c2cccc3c(-c4cccc(-c5ccc6ccccc6c5)c4)c4c(-c5cccc(-c6cc7ccccc7c7ccccc67)c5)cccc4cc23)cc(-c2cc3ccccc3c3ccccc23)c1. The lowest BCUT2D eigenvalue weighted by Crippen LogP contribution is -1.92. The van der Waals surface area contributed by atoms with Gasteiger partial charge in [0.2, 0.25) is 0 Å². The maximum absolute atomic E-state index is 2.44. The van der Waals surface area contributed by atoms with Gasteiger partial charge in [-0.2, -0.15) is 0 Å². The molecule has 0 aromatic heterocycles. The molecule has 70 heavy (non-hydrogen) atoms. The first-order valence-electron chi connectivity index (χ1n) is 24.3. The van der Waals surface area contributed by atoms with E-state index in [2.05, 4.69) is 267 Å². The Morgan fingerprint density at radius 2 is 0.571 bits per heavy atom. The van der Waals surface area contributed by atoms with E-state index in [4.69, 9.17) is 0 Å². The van der Waals surface area contributed by atoms with E-state index in [1.54, 1.807) is 0 Å². The highest BCUT2D eigenvalue weighted by molar-refractivity contribution is 6.21. The first-order chi connectivity index (χ1) is 34.7. The van der Waals surface area contributed by atoms with Gasteiger partial charge in [-0.15, -0.1) is 0 Å². The number of benzene rings is 14. The van der Waals surface area contributed by atoms with E-state index in [1.165, 1.54) is 142 Å². The van der Waals surface area contributed by atoms with Crippen LogP contribution in [-0.4, -0.2) is 0 Å². The zero-order valence-electron chi connectivity index (χ0n) is 38.4. The average molecular weight is 885 g/mol. The van der Waals surface area contributed by atoms with Crippen LogP contribution >= 0.6 is 0 Å². The molecule has 0 heteroatoms. The van der Waals surface area contributed by atoms with Crippen LogP contribution in [-0.2, 0) is 0 Å². The van der Waals surface area contributed by atoms with E-state index in [-0.39, 0.29) is 0 Å². The van der Waals surface area contributed by atoms with E-state index < -0.39 is 0 Å². The zero-order chi connectivity index (χ0) is 46.1. The molecule has 0 aliphatic carbocycles. The smallest absolute Gasteiger partial charge is 0.00201 e. The lowest BCUT2D eigenvalue weighted by molar-refractivity contribution is 1.61. The standard InChI is InChI=1S/C70H44/c1-2-17-46-38-48(37-36-45(46)16-1)47-20-11-25-55(39-47)70-65-35-15-33-59(49-21-12-23-51(40-49)66-42-53-18-3-5-27-57(53)61-29-7-9-31-63(61)66)68(65)44-56-26-14-34-60(69(56)70)50-22-13-24-52(41-50)67-43-54-19-4-6-28-58(54)62-30-8-10-32-64(62)67/h1-44H. The summed E-state index contributed by atoms with van der Waals surface area (Å²) in [5.41, 5.74) is 14.6. The Morgan fingerprint density at radius 3 is 1.21 bits per heavy atom. The molecule has 0 amide bonds. The summed E-state index contributed by atoms with van der Waals surface area (Å²) in [5.74, 6) is 0. The number of rotatable bonds is 6. The second kappa shape index (κ2) is 16.3. The third kappa shape index (κ3) is 6.61. The van der Waals surface area contributed by atoms with Crippen LogP contribution in [0.4, 0.5) is 0 Å². The highest BCUT2D eigenvalue weighted by Gasteiger charge is 2.19. The zero-order valence-corrected chi connectivity index (χ0v) is 38.4. The molecule has 0 aliphatic heterocycles. The van der Waals surface area contributed by atoms with Crippen LogP contribution in [0.15, 0.2) is 267 Å². The molecule has 0 aliphatic rings. The fourth-order valence-electron chi connectivity index (χ4n) is 11.5. The Balaban J connectivity index is 0.999. The summed E-state index contributed by atoms with van der Waals surface area (Å²) >= 11 is 0. The third-order valence-electron chi connectivity index (χ3n) is 14.8. The van der Waals surface area contributed by atoms with Crippen LogP contribution in [0.2, 0.25) is 0 Å². The predicted molar refractivity (Wildman–Crippen MR) is 302 cm³/mol. The lowest BCUT2D eigenvalue weighted by atomic mass is 9.84. The van der Waals surface area contributed by atoms with Gasteiger partial charge < -0.3 is 0 Å². The van der Waals surface area contributed by atoms with Gasteiger partial charge in [-0.25, -0.2) is 0 Å².